The lowest BCUT2D eigenvalue weighted by Gasteiger charge is -2.30. The number of hydrogen-bond donors (Lipinski definition) is 0. The monoisotopic (exact) mass is 447 g/mol. The van der Waals surface area contributed by atoms with Crippen LogP contribution in [0.1, 0.15) is 105 Å². The zero-order valence-electron chi connectivity index (χ0n) is 22.5. The van der Waals surface area contributed by atoms with Gasteiger partial charge in [-0.1, -0.05) is 65.2 Å². The Labute approximate surface area is 200 Å². The molecule has 1 saturated heterocycles. The lowest BCUT2D eigenvalue weighted by atomic mass is 10.1. The van der Waals surface area contributed by atoms with Crippen molar-refractivity contribution in [2.24, 2.45) is 0 Å². The van der Waals surface area contributed by atoms with Crippen LogP contribution in [0.25, 0.3) is 0 Å². The highest BCUT2D eigenvalue weighted by Gasteiger charge is 2.11. The van der Waals surface area contributed by atoms with E-state index in [4.69, 9.17) is 9.47 Å². The molecule has 3 heteroatoms. The predicted octanol–water partition coefficient (Wildman–Crippen LogP) is 8.71. The molecule has 1 aliphatic heterocycles. The number of nitrogens with zero attached hydrogens (tertiary/aromatic N) is 1. The molecule has 0 saturated carbocycles. The van der Waals surface area contributed by atoms with Gasteiger partial charge < -0.3 is 14.4 Å². The first kappa shape index (κ1) is 30.5. The Morgan fingerprint density at radius 1 is 0.906 bits per heavy atom. The molecule has 0 atom stereocenters. The molecule has 1 aromatic rings. The van der Waals surface area contributed by atoms with Gasteiger partial charge in [-0.2, -0.15) is 0 Å². The van der Waals surface area contributed by atoms with Crippen LogP contribution in [0.4, 0.5) is 5.69 Å². The summed E-state index contributed by atoms with van der Waals surface area (Å²) in [4.78, 5) is 2.51. The van der Waals surface area contributed by atoms with Crippen LogP contribution in [-0.4, -0.2) is 32.9 Å². The average molecular weight is 448 g/mol. The standard InChI is InChI=1S/C14H28O2.C12H17N.C3H8/c1-5-8-9-11-15-12-10-14(6-2)13(4)16-7-3;1-11-7-3-4-8-12(11)13-9-5-2-6-10-13;1-3-2/h5-12H2,1-4H3;3-4,7-8H,2,5-6,9-10H2,1H3;3H2,1-2H3/b14-13+;;. The third kappa shape index (κ3) is 14.6. The first-order chi connectivity index (χ1) is 15.5. The van der Waals surface area contributed by atoms with Crippen LogP contribution < -0.4 is 4.90 Å². The number of unbranched alkanes of at least 4 members (excludes halogenated alkanes) is 2. The van der Waals surface area contributed by atoms with Crippen LogP contribution in [0.15, 0.2) is 35.6 Å². The fraction of sp³-hybridized carbons (Fsp3) is 0.724. The van der Waals surface area contributed by atoms with E-state index in [-0.39, 0.29) is 0 Å². The highest BCUT2D eigenvalue weighted by atomic mass is 16.5. The second kappa shape index (κ2) is 21.4. The zero-order valence-corrected chi connectivity index (χ0v) is 22.5. The topological polar surface area (TPSA) is 21.7 Å². The van der Waals surface area contributed by atoms with Crippen LogP contribution >= 0.6 is 0 Å². The lowest BCUT2D eigenvalue weighted by Crippen LogP contribution is -2.29. The highest BCUT2D eigenvalue weighted by Crippen LogP contribution is 2.22. The number of allylic oxidation sites excluding steroid dienone is 1. The van der Waals surface area contributed by atoms with E-state index in [0.29, 0.717) is 0 Å². The average Bonchev–Trinajstić information content (AvgIpc) is 2.81. The molecule has 186 valence electrons. The molecule has 0 bridgehead atoms. The maximum atomic E-state index is 5.61. The SMILES string of the molecule is CCC.CCCCCOCC/C(CC)=C(\C)OCC.Cc1ccccc1N1CCCCC1. The molecule has 0 spiro atoms. The summed E-state index contributed by atoms with van der Waals surface area (Å²) >= 11 is 0. The van der Waals surface area contributed by atoms with E-state index in [0.717, 1.165) is 38.4 Å². The Morgan fingerprint density at radius 2 is 1.56 bits per heavy atom. The zero-order chi connectivity index (χ0) is 24.0. The van der Waals surface area contributed by atoms with Gasteiger partial charge >= 0.3 is 0 Å². The Bertz CT molecular complexity index is 576. The molecule has 2 rings (SSSR count). The number of para-hydroxylation sites is 1. The van der Waals surface area contributed by atoms with Gasteiger partial charge in [-0.15, -0.1) is 0 Å². The van der Waals surface area contributed by atoms with Crippen molar-refractivity contribution < 1.29 is 9.47 Å². The molecular weight excluding hydrogens is 394 g/mol. The molecule has 0 aliphatic carbocycles. The summed E-state index contributed by atoms with van der Waals surface area (Å²) in [6.07, 6.45) is 11.1. The summed E-state index contributed by atoms with van der Waals surface area (Å²) in [6, 6.07) is 8.68. The van der Waals surface area contributed by atoms with E-state index < -0.39 is 0 Å². The number of hydrogen-bond acceptors (Lipinski definition) is 3. The molecule has 1 heterocycles. The molecule has 1 fully saturated rings. The van der Waals surface area contributed by atoms with Crippen molar-refractivity contribution in [1.29, 1.82) is 0 Å². The fourth-order valence-electron chi connectivity index (χ4n) is 3.72. The summed E-state index contributed by atoms with van der Waals surface area (Å²) in [5.41, 5.74) is 4.23. The second-order valence-electron chi connectivity index (χ2n) is 8.56. The molecule has 32 heavy (non-hydrogen) atoms. The molecule has 0 unspecified atom stereocenters. The van der Waals surface area contributed by atoms with Crippen molar-refractivity contribution in [3.05, 3.63) is 41.2 Å². The Hall–Kier alpha value is -1.48. The third-order valence-electron chi connectivity index (χ3n) is 5.54. The van der Waals surface area contributed by atoms with Gasteiger partial charge in [0.1, 0.15) is 0 Å². The normalized spacial score (nSPS) is 13.9. The smallest absolute Gasteiger partial charge is 0.0921 e. The van der Waals surface area contributed by atoms with Crippen molar-refractivity contribution in [3.63, 3.8) is 0 Å². The first-order valence-electron chi connectivity index (χ1n) is 13.2. The summed E-state index contributed by atoms with van der Waals surface area (Å²) in [5.74, 6) is 1.09. The molecule has 1 aromatic carbocycles. The van der Waals surface area contributed by atoms with E-state index in [1.807, 2.05) is 6.92 Å². The lowest BCUT2D eigenvalue weighted by molar-refractivity contribution is 0.131. The van der Waals surface area contributed by atoms with E-state index in [2.05, 4.69) is 70.7 Å². The summed E-state index contributed by atoms with van der Waals surface area (Å²) in [6.45, 7) is 19.9. The van der Waals surface area contributed by atoms with E-state index >= 15 is 0 Å². The maximum Gasteiger partial charge on any atom is 0.0921 e. The van der Waals surface area contributed by atoms with Crippen LogP contribution in [0.2, 0.25) is 0 Å². The Morgan fingerprint density at radius 3 is 2.12 bits per heavy atom. The third-order valence-corrected chi connectivity index (χ3v) is 5.54. The largest absolute Gasteiger partial charge is 0.499 e. The van der Waals surface area contributed by atoms with E-state index in [1.165, 1.54) is 74.9 Å². The van der Waals surface area contributed by atoms with Gasteiger partial charge in [-0.05, 0) is 76.5 Å². The maximum absolute atomic E-state index is 5.61. The van der Waals surface area contributed by atoms with Crippen molar-refractivity contribution in [1.82, 2.24) is 0 Å². The summed E-state index contributed by atoms with van der Waals surface area (Å²) in [5, 5.41) is 0. The molecule has 0 amide bonds. The second-order valence-corrected chi connectivity index (χ2v) is 8.56. The Kier molecular flexibility index (Phi) is 20.4. The molecule has 0 radical (unpaired) electrons. The molecule has 0 aromatic heterocycles. The van der Waals surface area contributed by atoms with Crippen molar-refractivity contribution in [2.45, 2.75) is 106 Å². The number of anilines is 1. The van der Waals surface area contributed by atoms with Gasteiger partial charge in [0.05, 0.1) is 19.0 Å². The number of benzene rings is 1. The quantitative estimate of drug-likeness (QED) is 0.250. The fourth-order valence-corrected chi connectivity index (χ4v) is 3.72. The summed E-state index contributed by atoms with van der Waals surface area (Å²) < 4.78 is 11.1. The van der Waals surface area contributed by atoms with Gasteiger partial charge in [-0.3, -0.25) is 0 Å². The van der Waals surface area contributed by atoms with Crippen molar-refractivity contribution >= 4 is 5.69 Å². The van der Waals surface area contributed by atoms with Crippen LogP contribution in [0, 0.1) is 6.92 Å². The van der Waals surface area contributed by atoms with Gasteiger partial charge in [0.2, 0.25) is 0 Å². The first-order valence-corrected chi connectivity index (χ1v) is 13.2. The van der Waals surface area contributed by atoms with E-state index in [9.17, 15) is 0 Å². The van der Waals surface area contributed by atoms with Gasteiger partial charge in [0.15, 0.2) is 0 Å². The van der Waals surface area contributed by atoms with Gasteiger partial charge in [0.25, 0.3) is 0 Å². The minimum absolute atomic E-state index is 0.757. The molecule has 0 N–H and O–H groups in total. The number of rotatable bonds is 11. The van der Waals surface area contributed by atoms with Crippen molar-refractivity contribution in [2.75, 3.05) is 37.8 Å². The minimum Gasteiger partial charge on any atom is -0.499 e. The van der Waals surface area contributed by atoms with E-state index in [1.54, 1.807) is 0 Å². The highest BCUT2D eigenvalue weighted by molar-refractivity contribution is 5.53. The molecule has 1 aliphatic rings. The number of aryl methyl sites for hydroxylation is 1. The summed E-state index contributed by atoms with van der Waals surface area (Å²) in [7, 11) is 0. The van der Waals surface area contributed by atoms with Crippen LogP contribution in [-0.2, 0) is 9.47 Å². The number of piperidine rings is 1. The van der Waals surface area contributed by atoms with Crippen molar-refractivity contribution in [3.8, 4) is 0 Å². The number of ether oxygens (including phenoxy) is 2. The van der Waals surface area contributed by atoms with Gasteiger partial charge in [-0.25, -0.2) is 0 Å². The van der Waals surface area contributed by atoms with Gasteiger partial charge in [0, 0.05) is 25.4 Å². The van der Waals surface area contributed by atoms with Crippen LogP contribution in [0.3, 0.4) is 0 Å². The predicted molar refractivity (Wildman–Crippen MR) is 143 cm³/mol. The van der Waals surface area contributed by atoms with Crippen LogP contribution in [0.5, 0.6) is 0 Å². The molecule has 3 nitrogen and oxygen atoms in total. The Balaban J connectivity index is 0.000000540. The minimum atomic E-state index is 0.757. The molecular formula is C29H53NO2.